The number of rotatable bonds is 5. The van der Waals surface area contributed by atoms with Crippen LogP contribution in [0.25, 0.3) is 0 Å². The van der Waals surface area contributed by atoms with E-state index in [1.165, 1.54) is 6.20 Å². The highest BCUT2D eigenvalue weighted by Gasteiger charge is 2.24. The molecule has 0 spiro atoms. The molecule has 7 heteroatoms. The summed E-state index contributed by atoms with van der Waals surface area (Å²) in [6.45, 7) is 7.35. The van der Waals surface area contributed by atoms with Gasteiger partial charge in [0.05, 0.1) is 28.0 Å². The first-order chi connectivity index (χ1) is 13.7. The molecule has 0 saturated carbocycles. The topological polar surface area (TPSA) is 88.2 Å². The van der Waals surface area contributed by atoms with Crippen molar-refractivity contribution in [1.82, 2.24) is 4.98 Å². The zero-order valence-electron chi connectivity index (χ0n) is 16.8. The number of sulfonamides is 1. The van der Waals surface area contributed by atoms with Crippen LogP contribution in [0.1, 0.15) is 32.6 Å². The molecule has 1 heterocycles. The van der Waals surface area contributed by atoms with E-state index in [1.54, 1.807) is 56.4 Å². The van der Waals surface area contributed by atoms with E-state index in [1.807, 2.05) is 19.9 Å². The normalized spacial score (nSPS) is 11.2. The van der Waals surface area contributed by atoms with Crippen molar-refractivity contribution in [1.29, 1.82) is 0 Å². The molecular weight excluding hydrogens is 386 g/mol. The van der Waals surface area contributed by atoms with Gasteiger partial charge in [0.15, 0.2) is 0 Å². The number of hydrogen-bond acceptors (Lipinski definition) is 4. The number of anilines is 2. The van der Waals surface area contributed by atoms with Gasteiger partial charge >= 0.3 is 0 Å². The molecule has 0 fully saturated rings. The van der Waals surface area contributed by atoms with Crippen LogP contribution in [0.5, 0.6) is 0 Å². The molecule has 1 amide bonds. The number of aryl methyl sites for hydroxylation is 2. The van der Waals surface area contributed by atoms with Crippen molar-refractivity contribution in [3.05, 3.63) is 82.7 Å². The highest BCUT2D eigenvalue weighted by molar-refractivity contribution is 7.92. The maximum Gasteiger partial charge on any atom is 0.262 e. The Morgan fingerprint density at radius 2 is 1.59 bits per heavy atom. The zero-order chi connectivity index (χ0) is 21.2. The third kappa shape index (κ3) is 4.30. The van der Waals surface area contributed by atoms with Crippen LogP contribution in [0.3, 0.4) is 0 Å². The molecule has 0 unspecified atom stereocenters. The Balaban J connectivity index is 1.99. The van der Waals surface area contributed by atoms with Crippen molar-refractivity contribution < 1.29 is 13.2 Å². The van der Waals surface area contributed by atoms with E-state index in [0.717, 1.165) is 11.1 Å². The van der Waals surface area contributed by atoms with Crippen molar-refractivity contribution in [2.45, 2.75) is 32.6 Å². The van der Waals surface area contributed by atoms with Crippen LogP contribution >= 0.6 is 0 Å². The quantitative estimate of drug-likeness (QED) is 0.655. The number of hydrogen-bond donors (Lipinski definition) is 2. The largest absolute Gasteiger partial charge is 0.321 e. The third-order valence-electron chi connectivity index (χ3n) is 4.90. The lowest BCUT2D eigenvalue weighted by Crippen LogP contribution is -2.20. The van der Waals surface area contributed by atoms with Crippen LogP contribution in [0.2, 0.25) is 0 Å². The second-order valence-corrected chi connectivity index (χ2v) is 8.56. The minimum absolute atomic E-state index is 0.215. The standard InChI is InChI=1S/C22H23N3O3S/c1-14-12-15(2)17(4)21(16(14)3)29(27,28)25-20-10-6-5-9-19(20)22(26)24-18-8-7-11-23-13-18/h5-13,25H,1-4H3,(H,24,26). The molecule has 0 aliphatic heterocycles. The van der Waals surface area contributed by atoms with E-state index in [0.29, 0.717) is 16.8 Å². The average molecular weight is 410 g/mol. The lowest BCUT2D eigenvalue weighted by Gasteiger charge is -2.18. The second-order valence-electron chi connectivity index (χ2n) is 6.94. The van der Waals surface area contributed by atoms with E-state index in [-0.39, 0.29) is 16.1 Å². The Morgan fingerprint density at radius 1 is 0.931 bits per heavy atom. The van der Waals surface area contributed by atoms with E-state index < -0.39 is 15.9 Å². The molecule has 150 valence electrons. The number of pyridine rings is 1. The van der Waals surface area contributed by atoms with E-state index in [2.05, 4.69) is 15.0 Å². The summed E-state index contributed by atoms with van der Waals surface area (Å²) in [5.74, 6) is -0.426. The Morgan fingerprint density at radius 3 is 2.21 bits per heavy atom. The second kappa shape index (κ2) is 8.05. The Hall–Kier alpha value is -3.19. The molecule has 3 aromatic rings. The number of benzene rings is 2. The molecule has 0 bridgehead atoms. The van der Waals surface area contributed by atoms with Gasteiger partial charge in [0.1, 0.15) is 0 Å². The monoisotopic (exact) mass is 409 g/mol. The summed E-state index contributed by atoms with van der Waals surface area (Å²) in [4.78, 5) is 16.9. The number of carbonyl (C=O) groups excluding carboxylic acids is 1. The predicted octanol–water partition coefficient (Wildman–Crippen LogP) is 4.37. The molecule has 3 rings (SSSR count). The summed E-state index contributed by atoms with van der Waals surface area (Å²) >= 11 is 0. The maximum absolute atomic E-state index is 13.2. The van der Waals surface area contributed by atoms with Gasteiger partial charge in [0.25, 0.3) is 15.9 Å². The summed E-state index contributed by atoms with van der Waals surface area (Å²) in [5.41, 5.74) is 4.14. The summed E-state index contributed by atoms with van der Waals surface area (Å²) in [5, 5.41) is 2.73. The number of amides is 1. The lowest BCUT2D eigenvalue weighted by molar-refractivity contribution is 0.102. The van der Waals surface area contributed by atoms with Crippen LogP contribution in [0.4, 0.5) is 11.4 Å². The van der Waals surface area contributed by atoms with Gasteiger partial charge in [-0.05, 0) is 74.2 Å². The number of para-hydroxylation sites is 1. The number of nitrogens with zero attached hydrogens (tertiary/aromatic N) is 1. The first-order valence-electron chi connectivity index (χ1n) is 9.11. The molecule has 2 N–H and O–H groups in total. The van der Waals surface area contributed by atoms with E-state index in [9.17, 15) is 13.2 Å². The van der Waals surface area contributed by atoms with Crippen molar-refractivity contribution >= 4 is 27.3 Å². The molecule has 0 atom stereocenters. The summed E-state index contributed by atoms with van der Waals surface area (Å²) in [7, 11) is -3.89. The molecule has 6 nitrogen and oxygen atoms in total. The SMILES string of the molecule is Cc1cc(C)c(C)c(S(=O)(=O)Nc2ccccc2C(=O)Nc2cccnc2)c1C. The summed E-state index contributed by atoms with van der Waals surface area (Å²) < 4.78 is 29.1. The van der Waals surface area contributed by atoms with Gasteiger partial charge < -0.3 is 5.32 Å². The smallest absolute Gasteiger partial charge is 0.262 e. The molecule has 0 radical (unpaired) electrons. The molecular formula is C22H23N3O3S. The molecule has 0 saturated heterocycles. The minimum atomic E-state index is -3.89. The van der Waals surface area contributed by atoms with Crippen LogP contribution < -0.4 is 10.0 Å². The summed E-state index contributed by atoms with van der Waals surface area (Å²) in [6, 6.07) is 11.9. The minimum Gasteiger partial charge on any atom is -0.321 e. The Labute approximate surface area is 171 Å². The first-order valence-corrected chi connectivity index (χ1v) is 10.6. The van der Waals surface area contributed by atoms with Crippen molar-refractivity contribution in [2.24, 2.45) is 0 Å². The van der Waals surface area contributed by atoms with Gasteiger partial charge in [-0.15, -0.1) is 0 Å². The molecule has 2 aromatic carbocycles. The van der Waals surface area contributed by atoms with Crippen molar-refractivity contribution in [3.8, 4) is 0 Å². The predicted molar refractivity (Wildman–Crippen MR) is 115 cm³/mol. The fraction of sp³-hybridized carbons (Fsp3) is 0.182. The zero-order valence-corrected chi connectivity index (χ0v) is 17.6. The van der Waals surface area contributed by atoms with Crippen LogP contribution in [-0.4, -0.2) is 19.3 Å². The van der Waals surface area contributed by atoms with Gasteiger partial charge in [-0.2, -0.15) is 0 Å². The maximum atomic E-state index is 13.2. The van der Waals surface area contributed by atoms with E-state index in [4.69, 9.17) is 0 Å². The molecule has 0 aliphatic rings. The van der Waals surface area contributed by atoms with Gasteiger partial charge in [0, 0.05) is 6.20 Å². The van der Waals surface area contributed by atoms with Crippen LogP contribution in [0, 0.1) is 27.7 Å². The van der Waals surface area contributed by atoms with Crippen LogP contribution in [0.15, 0.2) is 59.8 Å². The van der Waals surface area contributed by atoms with Gasteiger partial charge in [-0.3, -0.25) is 14.5 Å². The number of aromatic nitrogens is 1. The average Bonchev–Trinajstić information content (AvgIpc) is 2.67. The fourth-order valence-corrected chi connectivity index (χ4v) is 4.88. The number of nitrogens with one attached hydrogen (secondary N) is 2. The molecule has 1 aromatic heterocycles. The van der Waals surface area contributed by atoms with Crippen molar-refractivity contribution in [2.75, 3.05) is 10.0 Å². The Bertz CT molecular complexity index is 1150. The van der Waals surface area contributed by atoms with Gasteiger partial charge in [-0.25, -0.2) is 8.42 Å². The molecule has 29 heavy (non-hydrogen) atoms. The van der Waals surface area contributed by atoms with Crippen LogP contribution in [-0.2, 0) is 10.0 Å². The van der Waals surface area contributed by atoms with Gasteiger partial charge in [-0.1, -0.05) is 18.2 Å². The van der Waals surface area contributed by atoms with Crippen molar-refractivity contribution in [3.63, 3.8) is 0 Å². The first kappa shape index (κ1) is 20.5. The van der Waals surface area contributed by atoms with Gasteiger partial charge in [0.2, 0.25) is 0 Å². The molecule has 0 aliphatic carbocycles. The highest BCUT2D eigenvalue weighted by Crippen LogP contribution is 2.29. The third-order valence-corrected chi connectivity index (χ3v) is 6.54. The van der Waals surface area contributed by atoms with E-state index >= 15 is 0 Å². The number of carbonyl (C=O) groups is 1. The lowest BCUT2D eigenvalue weighted by atomic mass is 10.0. The fourth-order valence-electron chi connectivity index (χ4n) is 3.18. The highest BCUT2D eigenvalue weighted by atomic mass is 32.2. The Kier molecular flexibility index (Phi) is 5.70. The summed E-state index contributed by atoms with van der Waals surface area (Å²) in [6.07, 6.45) is 3.12.